The van der Waals surface area contributed by atoms with E-state index in [2.05, 4.69) is 20.6 Å². The highest BCUT2D eigenvalue weighted by Gasteiger charge is 2.24. The second-order valence-electron chi connectivity index (χ2n) is 5.21. The van der Waals surface area contributed by atoms with Crippen molar-refractivity contribution in [2.75, 3.05) is 10.6 Å². The van der Waals surface area contributed by atoms with Gasteiger partial charge >= 0.3 is 5.69 Å². The summed E-state index contributed by atoms with van der Waals surface area (Å²) < 4.78 is 0. The fourth-order valence-electron chi connectivity index (χ4n) is 1.94. The van der Waals surface area contributed by atoms with Crippen LogP contribution in [0.4, 0.5) is 23.0 Å². The molecule has 8 heteroatoms. The van der Waals surface area contributed by atoms with Crippen LogP contribution in [-0.2, 0) is 0 Å². The van der Waals surface area contributed by atoms with E-state index in [1.165, 1.54) is 6.33 Å². The van der Waals surface area contributed by atoms with Crippen LogP contribution >= 0.6 is 11.6 Å². The summed E-state index contributed by atoms with van der Waals surface area (Å²) in [4.78, 5) is 19.0. The van der Waals surface area contributed by atoms with Gasteiger partial charge in [0.25, 0.3) is 0 Å². The van der Waals surface area contributed by atoms with Crippen LogP contribution in [0.1, 0.15) is 25.8 Å². The average Bonchev–Trinajstić information content (AvgIpc) is 2.50. The highest BCUT2D eigenvalue weighted by molar-refractivity contribution is 6.30. The first-order chi connectivity index (χ1) is 10.9. The van der Waals surface area contributed by atoms with E-state index in [4.69, 9.17) is 11.6 Å². The number of halogens is 1. The normalized spacial score (nSPS) is 11.8. The molecular formula is C15H18ClN5O2. The lowest BCUT2D eigenvalue weighted by Gasteiger charge is -2.14. The van der Waals surface area contributed by atoms with Crippen LogP contribution in [0.25, 0.3) is 0 Å². The third kappa shape index (κ3) is 4.07. The van der Waals surface area contributed by atoms with Crippen molar-refractivity contribution >= 4 is 34.6 Å². The van der Waals surface area contributed by atoms with E-state index in [0.29, 0.717) is 10.7 Å². The minimum absolute atomic E-state index is 0.0596. The van der Waals surface area contributed by atoms with E-state index in [-0.39, 0.29) is 23.4 Å². The summed E-state index contributed by atoms with van der Waals surface area (Å²) in [5.41, 5.74) is 1.37. The highest BCUT2D eigenvalue weighted by Crippen LogP contribution is 2.33. The van der Waals surface area contributed by atoms with E-state index >= 15 is 0 Å². The molecule has 0 bridgehead atoms. The number of benzene rings is 1. The third-order valence-electron chi connectivity index (χ3n) is 3.45. The van der Waals surface area contributed by atoms with Gasteiger partial charge in [-0.3, -0.25) is 10.1 Å². The van der Waals surface area contributed by atoms with Crippen LogP contribution in [0, 0.1) is 17.0 Å². The standard InChI is InChI=1S/C15H18ClN5O2/c1-4-10(3)19-14-13(21(22)23)15(18-8-17-14)20-12-7-11(16)6-5-9(12)2/h5-8,10H,4H2,1-3H3,(H2,17,18,19,20). The summed E-state index contributed by atoms with van der Waals surface area (Å²) in [6, 6.07) is 5.34. The molecule has 0 saturated heterocycles. The van der Waals surface area contributed by atoms with Gasteiger partial charge in [0.1, 0.15) is 6.33 Å². The van der Waals surface area contributed by atoms with Crippen molar-refractivity contribution in [1.82, 2.24) is 9.97 Å². The lowest BCUT2D eigenvalue weighted by molar-refractivity contribution is -0.383. The van der Waals surface area contributed by atoms with E-state index in [1.54, 1.807) is 12.1 Å². The number of nitrogens with one attached hydrogen (secondary N) is 2. The minimum Gasteiger partial charge on any atom is -0.362 e. The Hall–Kier alpha value is -2.41. The second kappa shape index (κ2) is 7.23. The molecule has 2 rings (SSSR count). The maximum Gasteiger partial charge on any atom is 0.353 e. The van der Waals surface area contributed by atoms with Crippen molar-refractivity contribution in [2.24, 2.45) is 0 Å². The van der Waals surface area contributed by atoms with Gasteiger partial charge in [-0.15, -0.1) is 0 Å². The summed E-state index contributed by atoms with van der Waals surface area (Å²) in [5.74, 6) is 0.322. The molecule has 1 unspecified atom stereocenters. The quantitative estimate of drug-likeness (QED) is 0.604. The molecule has 1 aromatic heterocycles. The molecule has 122 valence electrons. The van der Waals surface area contributed by atoms with Crippen molar-refractivity contribution < 1.29 is 4.92 Å². The molecule has 1 heterocycles. The number of nitrogens with zero attached hydrogens (tertiary/aromatic N) is 3. The summed E-state index contributed by atoms with van der Waals surface area (Å²) in [6.07, 6.45) is 2.11. The summed E-state index contributed by atoms with van der Waals surface area (Å²) >= 11 is 5.99. The van der Waals surface area contributed by atoms with Crippen LogP contribution < -0.4 is 10.6 Å². The number of hydrogen-bond acceptors (Lipinski definition) is 6. The third-order valence-corrected chi connectivity index (χ3v) is 3.69. The lowest BCUT2D eigenvalue weighted by atomic mass is 10.2. The van der Waals surface area contributed by atoms with Gasteiger partial charge in [0.15, 0.2) is 0 Å². The molecule has 7 nitrogen and oxygen atoms in total. The Morgan fingerprint density at radius 1 is 1.35 bits per heavy atom. The predicted octanol–water partition coefficient (Wildman–Crippen LogP) is 4.30. The van der Waals surface area contributed by atoms with Crippen LogP contribution in [0.3, 0.4) is 0 Å². The molecular weight excluding hydrogens is 318 g/mol. The van der Waals surface area contributed by atoms with Crippen LogP contribution in [0.2, 0.25) is 5.02 Å². The molecule has 0 saturated carbocycles. The molecule has 1 aromatic carbocycles. The van der Waals surface area contributed by atoms with Gasteiger partial charge in [-0.1, -0.05) is 24.6 Å². The first-order valence-corrected chi connectivity index (χ1v) is 7.59. The molecule has 1 atom stereocenters. The van der Waals surface area contributed by atoms with Crippen molar-refractivity contribution in [3.8, 4) is 0 Å². The topological polar surface area (TPSA) is 93.0 Å². The monoisotopic (exact) mass is 335 g/mol. The van der Waals surface area contributed by atoms with Gasteiger partial charge in [-0.25, -0.2) is 9.97 Å². The molecule has 0 aliphatic rings. The Kier molecular flexibility index (Phi) is 5.33. The summed E-state index contributed by atoms with van der Waals surface area (Å²) in [6.45, 7) is 5.79. The van der Waals surface area contributed by atoms with Gasteiger partial charge in [-0.05, 0) is 38.0 Å². The predicted molar refractivity (Wildman–Crippen MR) is 91.5 cm³/mol. The summed E-state index contributed by atoms with van der Waals surface area (Å²) in [7, 11) is 0. The van der Waals surface area contributed by atoms with E-state index < -0.39 is 4.92 Å². The van der Waals surface area contributed by atoms with Gasteiger partial charge in [0, 0.05) is 16.8 Å². The first kappa shape index (κ1) is 17.0. The smallest absolute Gasteiger partial charge is 0.353 e. The Bertz CT molecular complexity index is 723. The van der Waals surface area contributed by atoms with Crippen LogP contribution in [0.5, 0.6) is 0 Å². The number of rotatable bonds is 6. The molecule has 0 amide bonds. The molecule has 2 aromatic rings. The van der Waals surface area contributed by atoms with Crippen molar-refractivity contribution in [3.05, 3.63) is 45.2 Å². The fourth-order valence-corrected chi connectivity index (χ4v) is 2.11. The largest absolute Gasteiger partial charge is 0.362 e. The van der Waals surface area contributed by atoms with Crippen molar-refractivity contribution in [1.29, 1.82) is 0 Å². The zero-order valence-electron chi connectivity index (χ0n) is 13.1. The molecule has 0 radical (unpaired) electrons. The molecule has 0 spiro atoms. The molecule has 0 aliphatic heterocycles. The Balaban J connectivity index is 2.43. The number of nitro groups is 1. The number of aromatic nitrogens is 2. The van der Waals surface area contributed by atoms with Gasteiger partial charge in [0.2, 0.25) is 11.6 Å². The van der Waals surface area contributed by atoms with Crippen LogP contribution in [-0.4, -0.2) is 20.9 Å². The number of hydrogen-bond donors (Lipinski definition) is 2. The Morgan fingerprint density at radius 3 is 2.70 bits per heavy atom. The van der Waals surface area contributed by atoms with Crippen molar-refractivity contribution in [3.63, 3.8) is 0 Å². The molecule has 23 heavy (non-hydrogen) atoms. The SMILES string of the molecule is CCC(C)Nc1ncnc(Nc2cc(Cl)ccc2C)c1[N+](=O)[O-]. The lowest BCUT2D eigenvalue weighted by Crippen LogP contribution is -2.16. The maximum atomic E-state index is 11.5. The Morgan fingerprint density at radius 2 is 2.04 bits per heavy atom. The number of anilines is 3. The zero-order valence-corrected chi connectivity index (χ0v) is 13.9. The summed E-state index contributed by atoms with van der Waals surface area (Å²) in [5, 5.41) is 18.0. The van der Waals surface area contributed by atoms with E-state index in [9.17, 15) is 10.1 Å². The maximum absolute atomic E-state index is 11.5. The molecule has 0 aliphatic carbocycles. The van der Waals surface area contributed by atoms with Gasteiger partial charge in [-0.2, -0.15) is 0 Å². The van der Waals surface area contributed by atoms with E-state index in [1.807, 2.05) is 26.8 Å². The average molecular weight is 336 g/mol. The first-order valence-electron chi connectivity index (χ1n) is 7.21. The van der Waals surface area contributed by atoms with Crippen LogP contribution in [0.15, 0.2) is 24.5 Å². The minimum atomic E-state index is -0.493. The molecule has 2 N–H and O–H groups in total. The second-order valence-corrected chi connectivity index (χ2v) is 5.65. The van der Waals surface area contributed by atoms with Gasteiger partial charge < -0.3 is 10.6 Å². The molecule has 0 fully saturated rings. The fraction of sp³-hybridized carbons (Fsp3) is 0.333. The zero-order chi connectivity index (χ0) is 17.0. The Labute approximate surface area is 139 Å². The van der Waals surface area contributed by atoms with E-state index in [0.717, 1.165) is 12.0 Å². The highest BCUT2D eigenvalue weighted by atomic mass is 35.5. The number of aryl methyl sites for hydroxylation is 1. The van der Waals surface area contributed by atoms with Crippen molar-refractivity contribution in [2.45, 2.75) is 33.2 Å². The van der Waals surface area contributed by atoms with Gasteiger partial charge in [0.05, 0.1) is 4.92 Å².